The predicted molar refractivity (Wildman–Crippen MR) is 92.5 cm³/mol. The van der Waals surface area contributed by atoms with Crippen molar-refractivity contribution in [1.29, 1.82) is 0 Å². The van der Waals surface area contributed by atoms with E-state index in [0.29, 0.717) is 25.6 Å². The van der Waals surface area contributed by atoms with E-state index >= 15 is 0 Å². The van der Waals surface area contributed by atoms with E-state index in [-0.39, 0.29) is 18.6 Å². The molecule has 1 fully saturated rings. The first-order valence-corrected chi connectivity index (χ1v) is 8.99. The molecule has 2 N–H and O–H groups in total. The molecule has 6 nitrogen and oxygen atoms in total. The second-order valence-electron chi connectivity index (χ2n) is 6.80. The number of morpholine rings is 1. The van der Waals surface area contributed by atoms with E-state index in [2.05, 4.69) is 31.0 Å². The third-order valence-electron chi connectivity index (χ3n) is 3.98. The van der Waals surface area contributed by atoms with E-state index in [1.807, 2.05) is 4.90 Å². The van der Waals surface area contributed by atoms with E-state index in [0.717, 1.165) is 45.6 Å². The molecule has 1 atom stereocenters. The number of aliphatic hydroxyl groups excluding tert-OH is 1. The highest BCUT2D eigenvalue weighted by molar-refractivity contribution is 5.78. The van der Waals surface area contributed by atoms with Crippen molar-refractivity contribution in [2.45, 2.75) is 39.7 Å². The number of nitrogens with one attached hydrogen (secondary N) is 1. The molecule has 0 aromatic rings. The van der Waals surface area contributed by atoms with E-state index in [9.17, 15) is 4.79 Å². The quantitative estimate of drug-likeness (QED) is 0.580. The fraction of sp³-hybridized carbons (Fsp3) is 0.941. The maximum atomic E-state index is 12.1. The van der Waals surface area contributed by atoms with Crippen LogP contribution in [-0.2, 0) is 9.53 Å². The Hall–Kier alpha value is -0.690. The van der Waals surface area contributed by atoms with Gasteiger partial charge in [0.1, 0.15) is 0 Å². The number of nitrogens with zero attached hydrogens (tertiary/aromatic N) is 2. The van der Waals surface area contributed by atoms with Gasteiger partial charge in [-0.2, -0.15) is 0 Å². The zero-order valence-electron chi connectivity index (χ0n) is 15.1. The van der Waals surface area contributed by atoms with Crippen molar-refractivity contribution < 1.29 is 14.6 Å². The van der Waals surface area contributed by atoms with Gasteiger partial charge in [-0.15, -0.1) is 0 Å². The summed E-state index contributed by atoms with van der Waals surface area (Å²) in [5, 5.41) is 12.1. The van der Waals surface area contributed by atoms with Crippen molar-refractivity contribution in [3.63, 3.8) is 0 Å². The SMILES string of the molecule is CCCCN(CCO)CC(=O)NC[C@H]1CN(CC(C)C)CCO1. The lowest BCUT2D eigenvalue weighted by atomic mass is 10.2. The van der Waals surface area contributed by atoms with Gasteiger partial charge in [0.15, 0.2) is 0 Å². The summed E-state index contributed by atoms with van der Waals surface area (Å²) in [6.45, 7) is 12.7. The fourth-order valence-corrected chi connectivity index (χ4v) is 2.87. The summed E-state index contributed by atoms with van der Waals surface area (Å²) < 4.78 is 5.75. The molecule has 6 heteroatoms. The second-order valence-corrected chi connectivity index (χ2v) is 6.80. The average molecular weight is 329 g/mol. The molecule has 1 amide bonds. The molecule has 0 bridgehead atoms. The molecule has 1 saturated heterocycles. The highest BCUT2D eigenvalue weighted by Gasteiger charge is 2.21. The zero-order chi connectivity index (χ0) is 17.1. The molecule has 136 valence electrons. The van der Waals surface area contributed by atoms with E-state index in [1.165, 1.54) is 0 Å². The van der Waals surface area contributed by atoms with Crippen LogP contribution in [0.25, 0.3) is 0 Å². The maximum absolute atomic E-state index is 12.1. The van der Waals surface area contributed by atoms with Crippen LogP contribution in [0.3, 0.4) is 0 Å². The Balaban J connectivity index is 2.28. The van der Waals surface area contributed by atoms with Crippen LogP contribution < -0.4 is 5.32 Å². The van der Waals surface area contributed by atoms with Crippen molar-refractivity contribution in [3.8, 4) is 0 Å². The Labute approximate surface area is 141 Å². The van der Waals surface area contributed by atoms with Crippen LogP contribution >= 0.6 is 0 Å². The van der Waals surface area contributed by atoms with Gasteiger partial charge < -0.3 is 15.2 Å². The smallest absolute Gasteiger partial charge is 0.234 e. The van der Waals surface area contributed by atoms with E-state index in [4.69, 9.17) is 9.84 Å². The highest BCUT2D eigenvalue weighted by Crippen LogP contribution is 2.07. The Morgan fingerprint density at radius 2 is 2.22 bits per heavy atom. The first-order valence-electron chi connectivity index (χ1n) is 8.99. The Kier molecular flexibility index (Phi) is 10.4. The molecule has 1 heterocycles. The lowest BCUT2D eigenvalue weighted by Gasteiger charge is -2.34. The van der Waals surface area contributed by atoms with Crippen molar-refractivity contribution in [1.82, 2.24) is 15.1 Å². The number of aliphatic hydroxyl groups is 1. The van der Waals surface area contributed by atoms with Crippen LogP contribution in [0, 0.1) is 5.92 Å². The van der Waals surface area contributed by atoms with Crippen LogP contribution in [0.1, 0.15) is 33.6 Å². The normalized spacial score (nSPS) is 19.5. The lowest BCUT2D eigenvalue weighted by Crippen LogP contribution is -2.49. The number of carbonyl (C=O) groups is 1. The lowest BCUT2D eigenvalue weighted by molar-refractivity contribution is -0.123. The van der Waals surface area contributed by atoms with Crippen molar-refractivity contribution in [2.75, 3.05) is 59.0 Å². The third kappa shape index (κ3) is 9.25. The second kappa shape index (κ2) is 11.8. The minimum atomic E-state index is 0.0131. The van der Waals surface area contributed by atoms with Gasteiger partial charge in [-0.3, -0.25) is 14.6 Å². The molecule has 0 saturated carbocycles. The molecule has 0 aliphatic carbocycles. The Morgan fingerprint density at radius 1 is 1.43 bits per heavy atom. The largest absolute Gasteiger partial charge is 0.395 e. The third-order valence-corrected chi connectivity index (χ3v) is 3.98. The first-order chi connectivity index (χ1) is 11.0. The number of hydrogen-bond acceptors (Lipinski definition) is 5. The van der Waals surface area contributed by atoms with Gasteiger partial charge in [0.05, 0.1) is 25.9 Å². The van der Waals surface area contributed by atoms with Gasteiger partial charge in [-0.1, -0.05) is 27.2 Å². The van der Waals surface area contributed by atoms with Gasteiger partial charge in [0.25, 0.3) is 0 Å². The van der Waals surface area contributed by atoms with E-state index in [1.54, 1.807) is 0 Å². The number of ether oxygens (including phenoxy) is 1. The molecule has 1 aliphatic heterocycles. The van der Waals surface area contributed by atoms with Crippen LogP contribution in [-0.4, -0.2) is 85.9 Å². The summed E-state index contributed by atoms with van der Waals surface area (Å²) in [4.78, 5) is 16.5. The minimum Gasteiger partial charge on any atom is -0.395 e. The number of amides is 1. The van der Waals surface area contributed by atoms with Gasteiger partial charge in [0, 0.05) is 32.7 Å². The number of unbranched alkanes of at least 4 members (excludes halogenated alkanes) is 1. The molecule has 1 aliphatic rings. The molecule has 1 rings (SSSR count). The fourth-order valence-electron chi connectivity index (χ4n) is 2.87. The van der Waals surface area contributed by atoms with Gasteiger partial charge >= 0.3 is 0 Å². The Morgan fingerprint density at radius 3 is 2.87 bits per heavy atom. The molecular formula is C17H35N3O3. The van der Waals surface area contributed by atoms with Crippen LogP contribution in [0.5, 0.6) is 0 Å². The zero-order valence-corrected chi connectivity index (χ0v) is 15.1. The maximum Gasteiger partial charge on any atom is 0.234 e. The summed E-state index contributed by atoms with van der Waals surface area (Å²) in [7, 11) is 0. The van der Waals surface area contributed by atoms with Gasteiger partial charge in [-0.25, -0.2) is 0 Å². The number of rotatable bonds is 11. The van der Waals surface area contributed by atoms with Crippen LogP contribution in [0.15, 0.2) is 0 Å². The summed E-state index contributed by atoms with van der Waals surface area (Å²) in [6.07, 6.45) is 2.21. The van der Waals surface area contributed by atoms with Gasteiger partial charge in [-0.05, 0) is 18.9 Å². The molecule has 0 aromatic carbocycles. The molecule has 0 unspecified atom stereocenters. The Bertz CT molecular complexity index is 326. The van der Waals surface area contributed by atoms with Crippen molar-refractivity contribution >= 4 is 5.91 Å². The molecule has 0 radical (unpaired) electrons. The topological polar surface area (TPSA) is 65.0 Å². The molecular weight excluding hydrogens is 294 g/mol. The number of hydrogen-bond donors (Lipinski definition) is 2. The molecule has 0 aromatic heterocycles. The summed E-state index contributed by atoms with van der Waals surface area (Å²) in [5.74, 6) is 0.660. The minimum absolute atomic E-state index is 0.0131. The van der Waals surface area contributed by atoms with Crippen molar-refractivity contribution in [2.24, 2.45) is 5.92 Å². The van der Waals surface area contributed by atoms with Crippen LogP contribution in [0.4, 0.5) is 0 Å². The number of carbonyl (C=O) groups excluding carboxylic acids is 1. The standard InChI is InChI=1S/C17H35N3O3/c1-4-5-6-19(7-9-21)14-17(22)18-11-16-13-20(8-10-23-16)12-15(2)3/h15-16,21H,4-14H2,1-3H3,(H,18,22)/t16-/m0/s1. The van der Waals surface area contributed by atoms with Crippen molar-refractivity contribution in [3.05, 3.63) is 0 Å². The van der Waals surface area contributed by atoms with Crippen LogP contribution in [0.2, 0.25) is 0 Å². The van der Waals surface area contributed by atoms with E-state index < -0.39 is 0 Å². The summed E-state index contributed by atoms with van der Waals surface area (Å²) in [6, 6.07) is 0. The highest BCUT2D eigenvalue weighted by atomic mass is 16.5. The monoisotopic (exact) mass is 329 g/mol. The van der Waals surface area contributed by atoms with Gasteiger partial charge in [0.2, 0.25) is 5.91 Å². The molecule has 23 heavy (non-hydrogen) atoms. The molecule has 0 spiro atoms. The predicted octanol–water partition coefficient (Wildman–Crippen LogP) is 0.554. The summed E-state index contributed by atoms with van der Waals surface area (Å²) in [5.41, 5.74) is 0. The summed E-state index contributed by atoms with van der Waals surface area (Å²) >= 11 is 0. The first kappa shape index (κ1) is 20.4. The average Bonchev–Trinajstić information content (AvgIpc) is 2.50.